The summed E-state index contributed by atoms with van der Waals surface area (Å²) >= 11 is 12.1. The Kier molecular flexibility index (Phi) is 3.94. The molecule has 0 spiro atoms. The first-order chi connectivity index (χ1) is 7.08. The molecule has 0 heterocycles. The topological polar surface area (TPSA) is 18.5 Å². The summed E-state index contributed by atoms with van der Waals surface area (Å²) in [6.07, 6.45) is 1.52. The number of hydrogen-bond donors (Lipinski definition) is 0. The van der Waals surface area contributed by atoms with E-state index in [0.717, 1.165) is 0 Å². The molecule has 1 aromatic carbocycles. The minimum absolute atomic E-state index is 0.278. The van der Waals surface area contributed by atoms with Gasteiger partial charge in [0.25, 0.3) is 0 Å². The maximum atomic E-state index is 6.03. The van der Waals surface area contributed by atoms with Gasteiger partial charge >= 0.3 is 0 Å². The molecule has 0 unspecified atom stereocenters. The van der Waals surface area contributed by atoms with Crippen molar-refractivity contribution in [2.45, 2.75) is 0 Å². The molecule has 0 fully saturated rings. The number of methoxy groups -OCH3 is 2. The Labute approximate surface area is 100 Å². The van der Waals surface area contributed by atoms with Gasteiger partial charge < -0.3 is 9.47 Å². The van der Waals surface area contributed by atoms with Crippen LogP contribution in [0, 0.1) is 0 Å². The Morgan fingerprint density at radius 2 is 1.53 bits per heavy atom. The number of benzene rings is 1. The van der Waals surface area contributed by atoms with E-state index < -0.39 is 0 Å². The van der Waals surface area contributed by atoms with Gasteiger partial charge in [-0.05, 0) is 5.46 Å². The molecule has 2 radical (unpaired) electrons. The molecular formula is C10H9BCl2O2. The molecule has 0 atom stereocenters. The zero-order chi connectivity index (χ0) is 11.6. The van der Waals surface area contributed by atoms with Crippen molar-refractivity contribution in [3.8, 4) is 11.5 Å². The van der Waals surface area contributed by atoms with E-state index in [1.54, 1.807) is 0 Å². The van der Waals surface area contributed by atoms with E-state index in [4.69, 9.17) is 40.5 Å². The molecule has 0 aliphatic carbocycles. The van der Waals surface area contributed by atoms with Crippen LogP contribution in [-0.4, -0.2) is 22.1 Å². The van der Waals surface area contributed by atoms with E-state index in [0.29, 0.717) is 27.1 Å². The van der Waals surface area contributed by atoms with Gasteiger partial charge in [0.05, 0.1) is 24.3 Å². The Bertz CT molecular complexity index is 374. The average Bonchev–Trinajstić information content (AvgIpc) is 2.19. The fourth-order valence-corrected chi connectivity index (χ4v) is 2.01. The highest BCUT2D eigenvalue weighted by Crippen LogP contribution is 2.38. The van der Waals surface area contributed by atoms with Crippen molar-refractivity contribution in [2.75, 3.05) is 14.2 Å². The van der Waals surface area contributed by atoms with E-state index in [1.165, 1.54) is 20.3 Å². The van der Waals surface area contributed by atoms with E-state index in [2.05, 4.69) is 6.58 Å². The van der Waals surface area contributed by atoms with Crippen LogP contribution in [0.4, 0.5) is 0 Å². The van der Waals surface area contributed by atoms with E-state index in [9.17, 15) is 0 Å². The highest BCUT2D eigenvalue weighted by molar-refractivity contribution is 6.45. The average molecular weight is 243 g/mol. The highest BCUT2D eigenvalue weighted by atomic mass is 35.5. The van der Waals surface area contributed by atoms with E-state index in [1.807, 2.05) is 0 Å². The van der Waals surface area contributed by atoms with Gasteiger partial charge in [0.2, 0.25) is 0 Å². The second-order valence-corrected chi connectivity index (χ2v) is 3.48. The van der Waals surface area contributed by atoms with Crippen LogP contribution in [0.25, 0.3) is 6.08 Å². The molecule has 1 aromatic rings. The smallest absolute Gasteiger partial charge is 0.134 e. The minimum Gasteiger partial charge on any atom is -0.496 e. The van der Waals surface area contributed by atoms with Crippen molar-refractivity contribution in [3.05, 3.63) is 22.2 Å². The van der Waals surface area contributed by atoms with Crippen LogP contribution in [0.15, 0.2) is 6.58 Å². The third kappa shape index (κ3) is 1.94. The first kappa shape index (κ1) is 12.3. The molecular weight excluding hydrogens is 234 g/mol. The van der Waals surface area contributed by atoms with Gasteiger partial charge in [0.1, 0.15) is 19.3 Å². The second-order valence-electron chi connectivity index (χ2n) is 2.73. The van der Waals surface area contributed by atoms with Crippen LogP contribution < -0.4 is 14.9 Å². The molecule has 0 N–H and O–H groups in total. The van der Waals surface area contributed by atoms with E-state index in [-0.39, 0.29) is 5.46 Å². The molecule has 5 heteroatoms. The number of halogens is 2. The van der Waals surface area contributed by atoms with Gasteiger partial charge in [-0.1, -0.05) is 35.9 Å². The Balaban J connectivity index is 3.64. The Morgan fingerprint density at radius 1 is 1.13 bits per heavy atom. The number of hydrogen-bond acceptors (Lipinski definition) is 2. The lowest BCUT2D eigenvalue weighted by Crippen LogP contribution is -2.13. The van der Waals surface area contributed by atoms with Crippen molar-refractivity contribution in [3.63, 3.8) is 0 Å². The summed E-state index contributed by atoms with van der Waals surface area (Å²) in [5.41, 5.74) is 0.821. The first-order valence-electron chi connectivity index (χ1n) is 4.09. The zero-order valence-electron chi connectivity index (χ0n) is 8.43. The van der Waals surface area contributed by atoms with Gasteiger partial charge in [0, 0.05) is 5.56 Å². The Hall–Kier alpha value is -0.795. The number of rotatable bonds is 3. The lowest BCUT2D eigenvalue weighted by Gasteiger charge is -2.16. The van der Waals surface area contributed by atoms with Gasteiger partial charge in [-0.2, -0.15) is 0 Å². The Morgan fingerprint density at radius 3 is 1.80 bits per heavy atom. The van der Waals surface area contributed by atoms with Crippen LogP contribution in [0.5, 0.6) is 11.5 Å². The van der Waals surface area contributed by atoms with Crippen molar-refractivity contribution in [2.24, 2.45) is 0 Å². The fraction of sp³-hybridized carbons (Fsp3) is 0.200. The molecule has 1 rings (SSSR count). The summed E-state index contributed by atoms with van der Waals surface area (Å²) in [6.45, 7) is 3.61. The van der Waals surface area contributed by atoms with Crippen LogP contribution >= 0.6 is 23.2 Å². The van der Waals surface area contributed by atoms with Crippen molar-refractivity contribution >= 4 is 42.6 Å². The van der Waals surface area contributed by atoms with Crippen LogP contribution in [-0.2, 0) is 0 Å². The molecule has 0 amide bonds. The molecule has 0 saturated carbocycles. The summed E-state index contributed by atoms with van der Waals surface area (Å²) in [5.74, 6) is 0.681. The predicted molar refractivity (Wildman–Crippen MR) is 65.0 cm³/mol. The quantitative estimate of drug-likeness (QED) is 0.759. The van der Waals surface area contributed by atoms with E-state index >= 15 is 0 Å². The maximum absolute atomic E-state index is 6.03. The maximum Gasteiger partial charge on any atom is 0.134 e. The molecule has 78 valence electrons. The molecule has 0 aromatic heterocycles. The normalized spacial score (nSPS) is 9.87. The predicted octanol–water partition coefficient (Wildman–Crippen LogP) is 2.45. The van der Waals surface area contributed by atoms with Gasteiger partial charge in [-0.15, -0.1) is 0 Å². The van der Waals surface area contributed by atoms with Crippen LogP contribution in [0.3, 0.4) is 0 Å². The standard InChI is InChI=1S/C10H9BCl2O2/c1-4-5-7(12)9(14-2)6(11)10(15-3)8(5)13/h4H,1H2,2-3H3. The third-order valence-electron chi connectivity index (χ3n) is 1.97. The van der Waals surface area contributed by atoms with Gasteiger partial charge in [-0.3, -0.25) is 0 Å². The van der Waals surface area contributed by atoms with Crippen LogP contribution in [0.1, 0.15) is 5.56 Å². The first-order valence-corrected chi connectivity index (χ1v) is 4.84. The molecule has 15 heavy (non-hydrogen) atoms. The van der Waals surface area contributed by atoms with Crippen molar-refractivity contribution in [1.82, 2.24) is 0 Å². The lowest BCUT2D eigenvalue weighted by molar-refractivity contribution is 0.401. The van der Waals surface area contributed by atoms with Crippen molar-refractivity contribution in [1.29, 1.82) is 0 Å². The largest absolute Gasteiger partial charge is 0.496 e. The van der Waals surface area contributed by atoms with Crippen LogP contribution in [0.2, 0.25) is 10.0 Å². The summed E-state index contributed by atoms with van der Waals surface area (Å²) < 4.78 is 10.1. The molecule has 0 saturated heterocycles. The summed E-state index contributed by atoms with van der Waals surface area (Å²) in [6, 6.07) is 0. The zero-order valence-corrected chi connectivity index (χ0v) is 9.95. The highest BCUT2D eigenvalue weighted by Gasteiger charge is 2.18. The molecule has 0 bridgehead atoms. The summed E-state index contributed by atoms with van der Waals surface area (Å²) in [4.78, 5) is 0. The summed E-state index contributed by atoms with van der Waals surface area (Å²) in [5, 5.41) is 0.659. The monoisotopic (exact) mass is 242 g/mol. The fourth-order valence-electron chi connectivity index (χ4n) is 1.26. The molecule has 2 nitrogen and oxygen atoms in total. The summed E-state index contributed by atoms with van der Waals surface area (Å²) in [7, 11) is 8.72. The van der Waals surface area contributed by atoms with Gasteiger partial charge in [-0.25, -0.2) is 0 Å². The van der Waals surface area contributed by atoms with Gasteiger partial charge in [0.15, 0.2) is 0 Å². The second kappa shape index (κ2) is 4.82. The third-order valence-corrected chi connectivity index (χ3v) is 2.72. The number of ether oxygens (including phenoxy) is 2. The van der Waals surface area contributed by atoms with Crippen molar-refractivity contribution < 1.29 is 9.47 Å². The molecule has 0 aliphatic rings. The molecule has 0 aliphatic heterocycles. The minimum atomic E-state index is 0.278. The SMILES string of the molecule is [B]c1c(OC)c(Cl)c(C=C)c(Cl)c1OC. The lowest BCUT2D eigenvalue weighted by atomic mass is 9.92.